The number of nitrogens with one attached hydrogen (secondary N) is 1. The van der Waals surface area contributed by atoms with E-state index >= 15 is 0 Å². The summed E-state index contributed by atoms with van der Waals surface area (Å²) in [6.45, 7) is 0.734. The molecule has 1 aliphatic heterocycles. The van der Waals surface area contributed by atoms with Gasteiger partial charge in [-0.1, -0.05) is 0 Å². The molecule has 3 nitrogen and oxygen atoms in total. The number of Topliss-reactive ketones (excluding diaryl/α,β-unsaturated/α-hetero) is 2. The smallest absolute Gasteiger partial charge is 0.154 e. The standard InChI is InChI=1S/C5H7NO2/c7-4-1-5(8)3-6-2-4/h6H,1-3H2. The van der Waals surface area contributed by atoms with Gasteiger partial charge in [0.25, 0.3) is 0 Å². The van der Waals surface area contributed by atoms with E-state index in [1.165, 1.54) is 0 Å². The van der Waals surface area contributed by atoms with Gasteiger partial charge in [-0.3, -0.25) is 9.59 Å². The van der Waals surface area contributed by atoms with Gasteiger partial charge in [0.1, 0.15) is 0 Å². The lowest BCUT2D eigenvalue weighted by molar-refractivity contribution is -0.128. The molecule has 0 bridgehead atoms. The van der Waals surface area contributed by atoms with E-state index < -0.39 is 0 Å². The van der Waals surface area contributed by atoms with Gasteiger partial charge in [0.05, 0.1) is 19.5 Å². The van der Waals surface area contributed by atoms with E-state index in [1.807, 2.05) is 0 Å². The van der Waals surface area contributed by atoms with Crippen molar-refractivity contribution in [1.29, 1.82) is 0 Å². The van der Waals surface area contributed by atoms with Crippen LogP contribution >= 0.6 is 0 Å². The molecule has 0 unspecified atom stereocenters. The molecule has 0 radical (unpaired) electrons. The zero-order valence-corrected chi connectivity index (χ0v) is 4.44. The van der Waals surface area contributed by atoms with Crippen LogP contribution in [0.4, 0.5) is 0 Å². The number of carbonyl (C=O) groups excluding carboxylic acids is 2. The molecule has 1 rings (SSSR count). The zero-order chi connectivity index (χ0) is 5.98. The fraction of sp³-hybridized carbons (Fsp3) is 0.600. The van der Waals surface area contributed by atoms with E-state index in [1.54, 1.807) is 0 Å². The predicted molar refractivity (Wildman–Crippen MR) is 27.5 cm³/mol. The Morgan fingerprint density at radius 1 is 1.12 bits per heavy atom. The molecular weight excluding hydrogens is 106 g/mol. The fourth-order valence-electron chi connectivity index (χ4n) is 0.686. The lowest BCUT2D eigenvalue weighted by Gasteiger charge is -2.07. The molecule has 1 saturated heterocycles. The Bertz CT molecular complexity index is 116. The van der Waals surface area contributed by atoms with Crippen molar-refractivity contribution >= 4 is 11.6 Å². The highest BCUT2D eigenvalue weighted by molar-refractivity contribution is 6.02. The molecule has 1 N–H and O–H groups in total. The molecule has 0 aliphatic carbocycles. The molecule has 1 heterocycles. The van der Waals surface area contributed by atoms with Gasteiger partial charge in [-0.15, -0.1) is 0 Å². The van der Waals surface area contributed by atoms with E-state index in [-0.39, 0.29) is 18.0 Å². The Kier molecular flexibility index (Phi) is 1.39. The first-order chi connectivity index (χ1) is 3.79. The highest BCUT2D eigenvalue weighted by Crippen LogP contribution is 1.88. The second-order valence-electron chi connectivity index (χ2n) is 1.86. The Morgan fingerprint density at radius 3 is 1.88 bits per heavy atom. The van der Waals surface area contributed by atoms with Crippen molar-refractivity contribution in [3.05, 3.63) is 0 Å². The molecule has 0 aromatic carbocycles. The Balaban J connectivity index is 2.45. The summed E-state index contributed by atoms with van der Waals surface area (Å²) in [5, 5.41) is 2.69. The fourth-order valence-corrected chi connectivity index (χ4v) is 0.686. The van der Waals surface area contributed by atoms with Crippen LogP contribution in [-0.2, 0) is 9.59 Å². The van der Waals surface area contributed by atoms with Crippen LogP contribution in [0.1, 0.15) is 6.42 Å². The third kappa shape index (κ3) is 1.13. The van der Waals surface area contributed by atoms with Crippen molar-refractivity contribution in [1.82, 2.24) is 5.32 Å². The molecule has 0 spiro atoms. The maximum Gasteiger partial charge on any atom is 0.154 e. The molecule has 44 valence electrons. The summed E-state index contributed by atoms with van der Waals surface area (Å²) in [6, 6.07) is 0. The Morgan fingerprint density at radius 2 is 1.62 bits per heavy atom. The van der Waals surface area contributed by atoms with Crippen LogP contribution in [0, 0.1) is 0 Å². The minimum absolute atomic E-state index is 0.00116. The van der Waals surface area contributed by atoms with Gasteiger partial charge in [-0.2, -0.15) is 0 Å². The van der Waals surface area contributed by atoms with Crippen LogP contribution in [0.5, 0.6) is 0 Å². The topological polar surface area (TPSA) is 46.2 Å². The van der Waals surface area contributed by atoms with Crippen molar-refractivity contribution in [3.63, 3.8) is 0 Å². The van der Waals surface area contributed by atoms with Gasteiger partial charge in [-0.25, -0.2) is 0 Å². The number of piperidine rings is 1. The summed E-state index contributed by atoms with van der Waals surface area (Å²) in [6.07, 6.45) is 0.132. The van der Waals surface area contributed by atoms with Crippen LogP contribution in [0.15, 0.2) is 0 Å². The van der Waals surface area contributed by atoms with Gasteiger partial charge in [-0.05, 0) is 0 Å². The predicted octanol–water partition coefficient (Wildman–Crippen LogP) is -0.882. The summed E-state index contributed by atoms with van der Waals surface area (Å²) in [5.41, 5.74) is 0. The second kappa shape index (κ2) is 2.05. The van der Waals surface area contributed by atoms with Crippen LogP contribution < -0.4 is 5.32 Å². The quantitative estimate of drug-likeness (QED) is 0.415. The SMILES string of the molecule is O=C1CNCC(=O)C1. The van der Waals surface area contributed by atoms with Gasteiger partial charge in [0, 0.05) is 0 Å². The Labute approximate surface area is 47.1 Å². The number of ketones is 2. The van der Waals surface area contributed by atoms with E-state index in [9.17, 15) is 9.59 Å². The molecule has 0 aromatic rings. The van der Waals surface area contributed by atoms with Crippen molar-refractivity contribution in [2.24, 2.45) is 0 Å². The first-order valence-corrected chi connectivity index (χ1v) is 2.53. The molecule has 3 heteroatoms. The number of hydrogen-bond acceptors (Lipinski definition) is 3. The lowest BCUT2D eigenvalue weighted by atomic mass is 10.1. The van der Waals surface area contributed by atoms with Crippen molar-refractivity contribution < 1.29 is 9.59 Å². The monoisotopic (exact) mass is 113 g/mol. The zero-order valence-electron chi connectivity index (χ0n) is 4.44. The highest BCUT2D eigenvalue weighted by Gasteiger charge is 2.13. The normalized spacial score (nSPS) is 21.5. The minimum atomic E-state index is 0.00116. The molecule has 0 atom stereocenters. The highest BCUT2D eigenvalue weighted by atomic mass is 16.2. The summed E-state index contributed by atoms with van der Waals surface area (Å²) < 4.78 is 0. The maximum absolute atomic E-state index is 10.4. The van der Waals surface area contributed by atoms with Crippen LogP contribution in [0.25, 0.3) is 0 Å². The molecule has 8 heavy (non-hydrogen) atoms. The van der Waals surface area contributed by atoms with Crippen LogP contribution in [0.3, 0.4) is 0 Å². The molecule has 0 saturated carbocycles. The largest absolute Gasteiger partial charge is 0.303 e. The van der Waals surface area contributed by atoms with Gasteiger partial charge >= 0.3 is 0 Å². The summed E-state index contributed by atoms with van der Waals surface area (Å²) in [5.74, 6) is 0.00231. The summed E-state index contributed by atoms with van der Waals surface area (Å²) in [4.78, 5) is 20.8. The first-order valence-electron chi connectivity index (χ1n) is 2.53. The average Bonchev–Trinajstić information content (AvgIpc) is 1.64. The van der Waals surface area contributed by atoms with Crippen LogP contribution in [-0.4, -0.2) is 24.7 Å². The molecule has 0 aromatic heterocycles. The molecule has 1 fully saturated rings. The molecule has 0 amide bonds. The summed E-state index contributed by atoms with van der Waals surface area (Å²) >= 11 is 0. The van der Waals surface area contributed by atoms with Gasteiger partial charge in [0.2, 0.25) is 0 Å². The van der Waals surface area contributed by atoms with Gasteiger partial charge in [0.15, 0.2) is 11.6 Å². The minimum Gasteiger partial charge on any atom is -0.303 e. The Hall–Kier alpha value is -0.700. The molecular formula is C5H7NO2. The van der Waals surface area contributed by atoms with Crippen LogP contribution in [0.2, 0.25) is 0 Å². The first kappa shape index (κ1) is 5.44. The van der Waals surface area contributed by atoms with E-state index in [2.05, 4.69) is 5.32 Å². The lowest BCUT2D eigenvalue weighted by Crippen LogP contribution is -2.36. The van der Waals surface area contributed by atoms with Crippen molar-refractivity contribution in [2.75, 3.05) is 13.1 Å². The third-order valence-corrected chi connectivity index (χ3v) is 1.04. The maximum atomic E-state index is 10.4. The number of carbonyl (C=O) groups is 2. The summed E-state index contributed by atoms with van der Waals surface area (Å²) in [7, 11) is 0. The number of rotatable bonds is 0. The number of hydrogen-bond donors (Lipinski definition) is 1. The van der Waals surface area contributed by atoms with E-state index in [0.717, 1.165) is 0 Å². The molecule has 1 aliphatic rings. The van der Waals surface area contributed by atoms with Crippen molar-refractivity contribution in [3.8, 4) is 0 Å². The average molecular weight is 113 g/mol. The van der Waals surface area contributed by atoms with E-state index in [0.29, 0.717) is 13.1 Å². The third-order valence-electron chi connectivity index (χ3n) is 1.04. The second-order valence-corrected chi connectivity index (χ2v) is 1.86. The van der Waals surface area contributed by atoms with Gasteiger partial charge < -0.3 is 5.32 Å². The van der Waals surface area contributed by atoms with Crippen molar-refractivity contribution in [2.45, 2.75) is 6.42 Å². The van der Waals surface area contributed by atoms with E-state index in [4.69, 9.17) is 0 Å².